The molecule has 1 atom stereocenters. The molecule has 0 saturated carbocycles. The third-order valence-corrected chi connectivity index (χ3v) is 3.79. The van der Waals surface area contributed by atoms with Crippen molar-refractivity contribution in [2.45, 2.75) is 97.9 Å². The number of carboxylic acids is 1. The van der Waals surface area contributed by atoms with E-state index in [2.05, 4.69) is 33.0 Å². The molecule has 21 heavy (non-hydrogen) atoms. The molecule has 2 N–H and O–H groups in total. The molecule has 0 heterocycles. The monoisotopic (exact) mass is 299 g/mol. The molecule has 0 aliphatic heterocycles. The molecule has 3 heteroatoms. The highest BCUT2D eigenvalue weighted by Gasteiger charge is 2.23. The van der Waals surface area contributed by atoms with Crippen molar-refractivity contribution in [1.29, 1.82) is 0 Å². The van der Waals surface area contributed by atoms with E-state index in [9.17, 15) is 9.90 Å². The zero-order valence-corrected chi connectivity index (χ0v) is 14.7. The van der Waals surface area contributed by atoms with Gasteiger partial charge in [-0.1, -0.05) is 79.1 Å². The molecule has 126 valence electrons. The molecule has 0 spiro atoms. The molecule has 0 bridgehead atoms. The predicted molar refractivity (Wildman–Crippen MR) is 90.7 cm³/mol. The Kier molecular flexibility index (Phi) is 11.7. The first-order valence-electron chi connectivity index (χ1n) is 8.83. The number of hydrogen-bond donors (Lipinski definition) is 2. The summed E-state index contributed by atoms with van der Waals surface area (Å²) in [5.41, 5.74) is 0.0501. The van der Waals surface area contributed by atoms with Crippen LogP contribution in [0.2, 0.25) is 0 Å². The molecule has 3 nitrogen and oxygen atoms in total. The van der Waals surface area contributed by atoms with Crippen LogP contribution in [0.1, 0.15) is 91.9 Å². The number of carbonyl (C=O) groups is 1. The number of carboxylic acid groups (broad SMARTS) is 1. The fourth-order valence-electron chi connectivity index (χ4n) is 2.57. The van der Waals surface area contributed by atoms with Crippen LogP contribution in [0.25, 0.3) is 0 Å². The molecular formula is C18H37NO2. The van der Waals surface area contributed by atoms with Crippen LogP contribution in [0.3, 0.4) is 0 Å². The maximum atomic E-state index is 11.2. The summed E-state index contributed by atoms with van der Waals surface area (Å²) in [5, 5.41) is 12.4. The fraction of sp³-hybridized carbons (Fsp3) is 0.944. The zero-order valence-electron chi connectivity index (χ0n) is 14.7. The van der Waals surface area contributed by atoms with E-state index in [1.807, 2.05) is 0 Å². The second-order valence-electron chi connectivity index (χ2n) is 7.44. The molecule has 0 aliphatic carbocycles. The Morgan fingerprint density at radius 3 is 1.86 bits per heavy atom. The molecule has 0 fully saturated rings. The Labute approximate surface area is 131 Å². The van der Waals surface area contributed by atoms with Crippen LogP contribution in [0.15, 0.2) is 0 Å². The van der Waals surface area contributed by atoms with Crippen molar-refractivity contribution < 1.29 is 9.90 Å². The lowest BCUT2D eigenvalue weighted by atomic mass is 9.88. The summed E-state index contributed by atoms with van der Waals surface area (Å²) in [6.07, 6.45) is 12.4. The predicted octanol–water partition coefficient (Wildman–Crippen LogP) is 5.00. The van der Waals surface area contributed by atoms with Gasteiger partial charge in [-0.05, 0) is 24.8 Å². The highest BCUT2D eigenvalue weighted by Crippen LogP contribution is 2.21. The van der Waals surface area contributed by atoms with Gasteiger partial charge in [0.2, 0.25) is 0 Å². The molecule has 0 amide bonds. The van der Waals surface area contributed by atoms with Gasteiger partial charge in [0.15, 0.2) is 0 Å². The second kappa shape index (κ2) is 12.0. The molecule has 0 aromatic heterocycles. The fourth-order valence-corrected chi connectivity index (χ4v) is 2.57. The lowest BCUT2D eigenvalue weighted by Crippen LogP contribution is -2.40. The third kappa shape index (κ3) is 14.1. The number of nitrogens with one attached hydrogen (secondary N) is 1. The zero-order chi connectivity index (χ0) is 16.1. The van der Waals surface area contributed by atoms with Crippen molar-refractivity contribution in [3.63, 3.8) is 0 Å². The minimum absolute atomic E-state index is 0.0501. The summed E-state index contributed by atoms with van der Waals surface area (Å²) in [6, 6.07) is -0.404. The smallest absolute Gasteiger partial charge is 0.320 e. The Morgan fingerprint density at radius 2 is 1.43 bits per heavy atom. The highest BCUT2D eigenvalue weighted by atomic mass is 16.4. The summed E-state index contributed by atoms with van der Waals surface area (Å²) < 4.78 is 0. The largest absolute Gasteiger partial charge is 0.480 e. The molecule has 0 rings (SSSR count). The molecule has 0 aromatic rings. The minimum atomic E-state index is -0.721. The summed E-state index contributed by atoms with van der Waals surface area (Å²) in [4.78, 5) is 11.2. The highest BCUT2D eigenvalue weighted by molar-refractivity contribution is 5.73. The standard InChI is InChI=1S/C18H37NO2/c1-5-6-7-8-9-10-11-12-13-14-19-16(17(20)21)15-18(2,3)4/h16,19H,5-15H2,1-4H3,(H,20,21)/t16-/m0/s1. The van der Waals surface area contributed by atoms with Gasteiger partial charge >= 0.3 is 5.97 Å². The quantitative estimate of drug-likeness (QED) is 0.471. The van der Waals surface area contributed by atoms with Crippen LogP contribution < -0.4 is 5.32 Å². The first-order valence-corrected chi connectivity index (χ1v) is 8.83. The van der Waals surface area contributed by atoms with Crippen molar-refractivity contribution in [3.05, 3.63) is 0 Å². The second-order valence-corrected chi connectivity index (χ2v) is 7.44. The van der Waals surface area contributed by atoms with Crippen LogP contribution in [0.4, 0.5) is 0 Å². The molecule has 0 radical (unpaired) electrons. The molecule has 0 saturated heterocycles. The normalized spacial score (nSPS) is 13.3. The van der Waals surface area contributed by atoms with Crippen LogP contribution in [0, 0.1) is 5.41 Å². The van der Waals surface area contributed by atoms with Crippen molar-refractivity contribution in [3.8, 4) is 0 Å². The van der Waals surface area contributed by atoms with Gasteiger partial charge in [-0.15, -0.1) is 0 Å². The minimum Gasteiger partial charge on any atom is -0.480 e. The number of hydrogen-bond acceptors (Lipinski definition) is 2. The van der Waals surface area contributed by atoms with E-state index in [0.717, 1.165) is 13.0 Å². The van der Waals surface area contributed by atoms with Gasteiger partial charge in [-0.3, -0.25) is 4.79 Å². The summed E-state index contributed by atoms with van der Waals surface area (Å²) in [5.74, 6) is -0.721. The summed E-state index contributed by atoms with van der Waals surface area (Å²) in [6.45, 7) is 9.33. The van der Waals surface area contributed by atoms with Crippen molar-refractivity contribution in [2.75, 3.05) is 6.54 Å². The van der Waals surface area contributed by atoms with E-state index in [1.54, 1.807) is 0 Å². The average molecular weight is 299 g/mol. The molecule has 0 aliphatic rings. The summed E-state index contributed by atoms with van der Waals surface area (Å²) in [7, 11) is 0. The van der Waals surface area contributed by atoms with Crippen molar-refractivity contribution in [2.24, 2.45) is 5.41 Å². The van der Waals surface area contributed by atoms with E-state index in [1.165, 1.54) is 51.4 Å². The topological polar surface area (TPSA) is 49.3 Å². The van der Waals surface area contributed by atoms with Gasteiger partial charge < -0.3 is 10.4 Å². The van der Waals surface area contributed by atoms with Crippen LogP contribution in [0.5, 0.6) is 0 Å². The van der Waals surface area contributed by atoms with Gasteiger partial charge in [0.1, 0.15) is 6.04 Å². The summed E-state index contributed by atoms with van der Waals surface area (Å²) >= 11 is 0. The SMILES string of the molecule is CCCCCCCCCCCN[C@@H](CC(C)(C)C)C(=O)O. The molecule has 0 unspecified atom stereocenters. The lowest BCUT2D eigenvalue weighted by Gasteiger charge is -2.24. The van der Waals surface area contributed by atoms with E-state index in [-0.39, 0.29) is 5.41 Å². The average Bonchev–Trinajstić information content (AvgIpc) is 2.38. The maximum Gasteiger partial charge on any atom is 0.320 e. The van der Waals surface area contributed by atoms with Crippen molar-refractivity contribution >= 4 is 5.97 Å². The van der Waals surface area contributed by atoms with Gasteiger partial charge in [0.05, 0.1) is 0 Å². The number of rotatable bonds is 13. The van der Waals surface area contributed by atoms with Crippen LogP contribution >= 0.6 is 0 Å². The number of aliphatic carboxylic acids is 1. The Hall–Kier alpha value is -0.570. The van der Waals surface area contributed by atoms with Crippen LogP contribution in [-0.2, 0) is 4.79 Å². The van der Waals surface area contributed by atoms with Gasteiger partial charge in [0, 0.05) is 0 Å². The van der Waals surface area contributed by atoms with Gasteiger partial charge in [-0.2, -0.15) is 0 Å². The van der Waals surface area contributed by atoms with Gasteiger partial charge in [0.25, 0.3) is 0 Å². The Morgan fingerprint density at radius 1 is 0.952 bits per heavy atom. The molecule has 0 aromatic carbocycles. The maximum absolute atomic E-state index is 11.2. The first-order chi connectivity index (χ1) is 9.87. The van der Waals surface area contributed by atoms with Gasteiger partial charge in [-0.25, -0.2) is 0 Å². The van der Waals surface area contributed by atoms with Crippen LogP contribution in [-0.4, -0.2) is 23.7 Å². The number of unbranched alkanes of at least 4 members (excludes halogenated alkanes) is 8. The third-order valence-electron chi connectivity index (χ3n) is 3.79. The lowest BCUT2D eigenvalue weighted by molar-refractivity contribution is -0.140. The Bertz CT molecular complexity index is 258. The van der Waals surface area contributed by atoms with E-state index >= 15 is 0 Å². The van der Waals surface area contributed by atoms with E-state index in [4.69, 9.17) is 0 Å². The van der Waals surface area contributed by atoms with E-state index < -0.39 is 12.0 Å². The van der Waals surface area contributed by atoms with Crippen molar-refractivity contribution in [1.82, 2.24) is 5.32 Å². The van der Waals surface area contributed by atoms with E-state index in [0.29, 0.717) is 6.42 Å². The first kappa shape index (κ1) is 20.4. The molecular weight excluding hydrogens is 262 g/mol. The Balaban J connectivity index is 3.53.